The van der Waals surface area contributed by atoms with Crippen molar-refractivity contribution in [2.24, 2.45) is 0 Å². The van der Waals surface area contributed by atoms with Crippen LogP contribution in [-0.4, -0.2) is 16.9 Å². The number of hydrogen-bond donors (Lipinski definition) is 0. The van der Waals surface area contributed by atoms with Crippen LogP contribution in [0, 0.1) is 6.92 Å². The summed E-state index contributed by atoms with van der Waals surface area (Å²) >= 11 is 1.68. The van der Waals surface area contributed by atoms with Gasteiger partial charge in [0.2, 0.25) is 0 Å². The molecule has 0 bridgehead atoms. The van der Waals surface area contributed by atoms with Crippen LogP contribution in [0.1, 0.15) is 22.5 Å². The number of benzene rings is 1. The molecule has 0 aliphatic heterocycles. The number of fused-ring (bicyclic) bond motifs is 1. The Hall–Kier alpha value is -2.33. The fourth-order valence-electron chi connectivity index (χ4n) is 2.68. The van der Waals surface area contributed by atoms with E-state index in [0.29, 0.717) is 0 Å². The SMILES string of the molecule is C=Cc1c(C=C)c(C=C)n([B]c2nc3ccccc3s2)c1C. The summed E-state index contributed by atoms with van der Waals surface area (Å²) in [5, 5.41) is 0. The number of para-hydroxylation sites is 1. The Morgan fingerprint density at radius 2 is 1.82 bits per heavy atom. The van der Waals surface area contributed by atoms with Crippen LogP contribution in [0.25, 0.3) is 28.4 Å². The molecule has 0 atom stereocenters. The van der Waals surface area contributed by atoms with E-state index in [-0.39, 0.29) is 0 Å². The summed E-state index contributed by atoms with van der Waals surface area (Å²) in [5.41, 5.74) is 5.29. The molecule has 1 aromatic carbocycles. The van der Waals surface area contributed by atoms with Gasteiger partial charge < -0.3 is 4.48 Å². The zero-order chi connectivity index (χ0) is 15.7. The van der Waals surface area contributed by atoms with Crippen molar-refractivity contribution < 1.29 is 0 Å². The normalized spacial score (nSPS) is 10.6. The number of rotatable bonds is 5. The lowest BCUT2D eigenvalue weighted by molar-refractivity contribution is 1.12. The molecule has 1 radical (unpaired) electrons. The molecule has 2 nitrogen and oxygen atoms in total. The highest BCUT2D eigenvalue weighted by atomic mass is 32.1. The average molecular weight is 303 g/mol. The van der Waals surface area contributed by atoms with E-state index in [4.69, 9.17) is 0 Å². The van der Waals surface area contributed by atoms with Gasteiger partial charge >= 0.3 is 7.41 Å². The van der Waals surface area contributed by atoms with Crippen molar-refractivity contribution in [2.45, 2.75) is 6.92 Å². The summed E-state index contributed by atoms with van der Waals surface area (Å²) in [6.45, 7) is 13.8. The van der Waals surface area contributed by atoms with Gasteiger partial charge in [-0.25, -0.2) is 4.98 Å². The highest BCUT2D eigenvalue weighted by Gasteiger charge is 2.17. The van der Waals surface area contributed by atoms with Gasteiger partial charge in [-0.1, -0.05) is 44.0 Å². The van der Waals surface area contributed by atoms with Gasteiger partial charge in [0.15, 0.2) is 0 Å². The van der Waals surface area contributed by atoms with Gasteiger partial charge in [-0.2, -0.15) is 0 Å². The molecular formula is C18H16BN2S. The summed E-state index contributed by atoms with van der Waals surface area (Å²) in [4.78, 5) is 5.64. The molecule has 0 saturated heterocycles. The van der Waals surface area contributed by atoms with Gasteiger partial charge in [0.25, 0.3) is 0 Å². The molecule has 3 rings (SSSR count). The number of thiazole rings is 1. The number of aromatic nitrogens is 2. The fraction of sp³-hybridized carbons (Fsp3) is 0.0556. The van der Waals surface area contributed by atoms with Gasteiger partial charge in [-0.3, -0.25) is 0 Å². The summed E-state index contributed by atoms with van der Waals surface area (Å²) < 4.78 is 3.30. The second kappa shape index (κ2) is 5.81. The Kier molecular flexibility index (Phi) is 3.86. The minimum Gasteiger partial charge on any atom is -0.385 e. The smallest absolute Gasteiger partial charge is 0.328 e. The summed E-state index contributed by atoms with van der Waals surface area (Å²) in [6.07, 6.45) is 5.56. The highest BCUT2D eigenvalue weighted by Crippen LogP contribution is 2.25. The van der Waals surface area contributed by atoms with E-state index in [1.54, 1.807) is 11.3 Å². The van der Waals surface area contributed by atoms with E-state index in [1.807, 2.05) is 36.4 Å². The lowest BCUT2D eigenvalue weighted by Crippen LogP contribution is -2.23. The first-order chi connectivity index (χ1) is 10.7. The van der Waals surface area contributed by atoms with Gasteiger partial charge in [-0.15, -0.1) is 11.3 Å². The first kappa shape index (κ1) is 14.6. The lowest BCUT2D eigenvalue weighted by Gasteiger charge is -2.06. The Morgan fingerprint density at radius 3 is 2.45 bits per heavy atom. The maximum absolute atomic E-state index is 4.67. The molecule has 0 spiro atoms. The summed E-state index contributed by atoms with van der Waals surface area (Å²) in [6, 6.07) is 8.16. The van der Waals surface area contributed by atoms with Crippen LogP contribution in [0.3, 0.4) is 0 Å². The molecule has 4 heteroatoms. The third-order valence-electron chi connectivity index (χ3n) is 3.73. The fourth-order valence-corrected chi connectivity index (χ4v) is 3.57. The topological polar surface area (TPSA) is 17.8 Å². The zero-order valence-electron chi connectivity index (χ0n) is 12.5. The van der Waals surface area contributed by atoms with Gasteiger partial charge in [-0.05, 0) is 25.1 Å². The maximum atomic E-state index is 4.67. The zero-order valence-corrected chi connectivity index (χ0v) is 13.4. The first-order valence-electron chi connectivity index (χ1n) is 7.02. The summed E-state index contributed by atoms with van der Waals surface area (Å²) in [5.74, 6) is 0. The highest BCUT2D eigenvalue weighted by molar-refractivity contribution is 7.26. The molecule has 22 heavy (non-hydrogen) atoms. The Morgan fingerprint density at radius 1 is 1.09 bits per heavy atom. The molecule has 107 valence electrons. The van der Waals surface area contributed by atoms with Crippen LogP contribution in [0.15, 0.2) is 44.0 Å². The predicted molar refractivity (Wildman–Crippen MR) is 99.8 cm³/mol. The van der Waals surface area contributed by atoms with E-state index >= 15 is 0 Å². The van der Waals surface area contributed by atoms with E-state index in [2.05, 4.69) is 49.6 Å². The van der Waals surface area contributed by atoms with Gasteiger partial charge in [0.05, 0.1) is 15.1 Å². The van der Waals surface area contributed by atoms with Crippen LogP contribution < -0.4 is 4.91 Å². The largest absolute Gasteiger partial charge is 0.385 e. The molecule has 0 aliphatic carbocycles. The lowest BCUT2D eigenvalue weighted by atomic mass is 9.94. The average Bonchev–Trinajstić information content (AvgIpc) is 3.05. The standard InChI is InChI=1S/C18H16BN2S/c1-5-13-12(4)21(16(7-3)14(13)6-2)19-18-20-15-10-8-9-11-17(15)22-18/h5-11H,1-3H2,4H3. The second-order valence-corrected chi connectivity index (χ2v) is 5.99. The Balaban J connectivity index is 2.11. The van der Waals surface area contributed by atoms with E-state index < -0.39 is 0 Å². The van der Waals surface area contributed by atoms with E-state index in [0.717, 1.165) is 32.9 Å². The van der Waals surface area contributed by atoms with Crippen molar-refractivity contribution in [3.8, 4) is 0 Å². The van der Waals surface area contributed by atoms with Crippen LogP contribution in [0.4, 0.5) is 0 Å². The first-order valence-corrected chi connectivity index (χ1v) is 7.83. The summed E-state index contributed by atoms with van der Waals surface area (Å²) in [7, 11) is 2.05. The predicted octanol–water partition coefficient (Wildman–Crippen LogP) is 4.13. The molecule has 2 aromatic heterocycles. The van der Waals surface area contributed by atoms with Crippen molar-refractivity contribution in [1.29, 1.82) is 0 Å². The van der Waals surface area contributed by atoms with Crippen LogP contribution in [0.2, 0.25) is 0 Å². The van der Waals surface area contributed by atoms with Gasteiger partial charge in [0.1, 0.15) is 0 Å². The van der Waals surface area contributed by atoms with Crippen molar-refractivity contribution in [3.63, 3.8) is 0 Å². The molecule has 0 N–H and O–H groups in total. The Labute approximate surface area is 135 Å². The molecule has 0 fully saturated rings. The Bertz CT molecular complexity index is 853. The molecular weight excluding hydrogens is 287 g/mol. The van der Waals surface area contributed by atoms with E-state index in [1.165, 1.54) is 4.70 Å². The van der Waals surface area contributed by atoms with Crippen LogP contribution >= 0.6 is 11.3 Å². The molecule has 0 unspecified atom stereocenters. The minimum atomic E-state index is 0.966. The third kappa shape index (κ3) is 2.26. The van der Waals surface area contributed by atoms with Crippen molar-refractivity contribution >= 4 is 52.1 Å². The molecule has 0 saturated carbocycles. The minimum absolute atomic E-state index is 0.966. The molecule has 0 amide bonds. The second-order valence-electron chi connectivity index (χ2n) is 4.93. The van der Waals surface area contributed by atoms with Crippen LogP contribution in [-0.2, 0) is 0 Å². The van der Waals surface area contributed by atoms with Crippen LogP contribution in [0.5, 0.6) is 0 Å². The number of hydrogen-bond acceptors (Lipinski definition) is 2. The molecule has 3 aromatic rings. The van der Waals surface area contributed by atoms with Crippen molar-refractivity contribution in [2.75, 3.05) is 0 Å². The van der Waals surface area contributed by atoms with Crippen molar-refractivity contribution in [3.05, 3.63) is 66.5 Å². The van der Waals surface area contributed by atoms with Gasteiger partial charge in [0, 0.05) is 22.5 Å². The molecule has 2 heterocycles. The quantitative estimate of drug-likeness (QED) is 0.648. The maximum Gasteiger partial charge on any atom is 0.328 e. The number of nitrogens with zero attached hydrogens (tertiary/aromatic N) is 2. The third-order valence-corrected chi connectivity index (χ3v) is 4.70. The molecule has 0 aliphatic rings. The van der Waals surface area contributed by atoms with Crippen molar-refractivity contribution in [1.82, 2.24) is 9.46 Å². The monoisotopic (exact) mass is 303 g/mol. The van der Waals surface area contributed by atoms with E-state index in [9.17, 15) is 0 Å².